The van der Waals surface area contributed by atoms with Crippen LogP contribution in [0.2, 0.25) is 0 Å². The van der Waals surface area contributed by atoms with Crippen molar-refractivity contribution in [3.8, 4) is 0 Å². The zero-order chi connectivity index (χ0) is 19.6. The van der Waals surface area contributed by atoms with Gasteiger partial charge in [-0.3, -0.25) is 0 Å². The SMILES string of the molecule is C=C1CCN(C)C2=C1N=C(c1sc(C3=CC=CN(C)C3)nc1C)C2.COC. The molecule has 144 valence electrons. The van der Waals surface area contributed by atoms with Crippen LogP contribution in [-0.4, -0.2) is 61.9 Å². The molecule has 0 aliphatic carbocycles. The zero-order valence-corrected chi connectivity index (χ0v) is 17.7. The number of rotatable bonds is 2. The van der Waals surface area contributed by atoms with Gasteiger partial charge in [-0.2, -0.15) is 0 Å². The number of likely N-dealkylation sites (N-methyl/N-ethyl adjacent to an activating group) is 1. The van der Waals surface area contributed by atoms with E-state index in [0.717, 1.165) is 48.0 Å². The summed E-state index contributed by atoms with van der Waals surface area (Å²) in [5, 5.41) is 1.11. The number of hydrogen-bond acceptors (Lipinski definition) is 6. The Balaban J connectivity index is 0.000000659. The lowest BCUT2D eigenvalue weighted by Crippen LogP contribution is -2.24. The van der Waals surface area contributed by atoms with Gasteiger partial charge in [0.25, 0.3) is 0 Å². The first-order valence-corrected chi connectivity index (χ1v) is 9.92. The van der Waals surface area contributed by atoms with Crippen LogP contribution in [0.25, 0.3) is 5.57 Å². The van der Waals surface area contributed by atoms with E-state index in [1.165, 1.54) is 21.7 Å². The van der Waals surface area contributed by atoms with E-state index in [1.807, 2.05) is 0 Å². The maximum Gasteiger partial charge on any atom is 0.121 e. The average Bonchev–Trinajstić information content (AvgIpc) is 3.23. The molecule has 0 atom stereocenters. The van der Waals surface area contributed by atoms with Gasteiger partial charge >= 0.3 is 0 Å². The first-order valence-electron chi connectivity index (χ1n) is 9.10. The van der Waals surface area contributed by atoms with Gasteiger partial charge in [0.1, 0.15) is 5.01 Å². The van der Waals surface area contributed by atoms with Crippen LogP contribution in [0.3, 0.4) is 0 Å². The van der Waals surface area contributed by atoms with Crippen LogP contribution in [0.4, 0.5) is 0 Å². The largest absolute Gasteiger partial charge is 0.388 e. The van der Waals surface area contributed by atoms with Crippen LogP contribution in [-0.2, 0) is 4.74 Å². The Morgan fingerprint density at radius 3 is 2.67 bits per heavy atom. The molecule has 1 aromatic heterocycles. The average molecular weight is 385 g/mol. The Labute approximate surface area is 166 Å². The summed E-state index contributed by atoms with van der Waals surface area (Å²) >= 11 is 1.77. The van der Waals surface area contributed by atoms with Crippen molar-refractivity contribution in [3.05, 3.63) is 57.5 Å². The molecule has 5 nitrogen and oxygen atoms in total. The lowest BCUT2D eigenvalue weighted by atomic mass is 10.0. The molecule has 27 heavy (non-hydrogen) atoms. The number of ether oxygens (including phenoxy) is 1. The van der Waals surface area contributed by atoms with E-state index in [2.05, 4.69) is 60.5 Å². The number of thiazole rings is 1. The second kappa shape index (κ2) is 8.23. The molecule has 4 heterocycles. The van der Waals surface area contributed by atoms with Gasteiger partial charge in [-0.15, -0.1) is 11.3 Å². The maximum atomic E-state index is 4.93. The topological polar surface area (TPSA) is 41.0 Å². The van der Waals surface area contributed by atoms with Gasteiger partial charge in [-0.05, 0) is 31.2 Å². The van der Waals surface area contributed by atoms with E-state index in [1.54, 1.807) is 25.6 Å². The van der Waals surface area contributed by atoms with E-state index in [9.17, 15) is 0 Å². The molecule has 0 fully saturated rings. The summed E-state index contributed by atoms with van der Waals surface area (Å²) in [5.74, 6) is 0. The van der Waals surface area contributed by atoms with Gasteiger partial charge in [0, 0.05) is 59.1 Å². The van der Waals surface area contributed by atoms with Gasteiger partial charge in [-0.25, -0.2) is 9.98 Å². The van der Waals surface area contributed by atoms with Gasteiger partial charge in [0.05, 0.1) is 22.0 Å². The molecule has 0 spiro atoms. The first kappa shape index (κ1) is 19.6. The van der Waals surface area contributed by atoms with Crippen LogP contribution in [0.5, 0.6) is 0 Å². The maximum absolute atomic E-state index is 4.93. The summed E-state index contributed by atoms with van der Waals surface area (Å²) in [6.07, 6.45) is 8.24. The van der Waals surface area contributed by atoms with Crippen molar-refractivity contribution in [1.82, 2.24) is 14.8 Å². The van der Waals surface area contributed by atoms with Crippen LogP contribution in [0, 0.1) is 6.92 Å². The standard InChI is InChI=1S/C19H22N4S.C2H6O/c1-12-7-9-23(4)16-10-15(21-17(12)16)18-13(2)20-19(24-18)14-6-5-8-22(3)11-14;1-3-2/h5-6,8H,1,7,9-11H2,2-4H3;1-2H3. The smallest absolute Gasteiger partial charge is 0.121 e. The van der Waals surface area contributed by atoms with Crippen LogP contribution < -0.4 is 0 Å². The van der Waals surface area contributed by atoms with Gasteiger partial charge in [-0.1, -0.05) is 12.7 Å². The van der Waals surface area contributed by atoms with Crippen molar-refractivity contribution in [2.24, 2.45) is 4.99 Å². The third-order valence-electron chi connectivity index (χ3n) is 4.79. The summed E-state index contributed by atoms with van der Waals surface area (Å²) in [5.41, 5.74) is 7.10. The molecule has 0 aromatic carbocycles. The Bertz CT molecular complexity index is 860. The second-order valence-electron chi connectivity index (χ2n) is 7.10. The van der Waals surface area contributed by atoms with Crippen molar-refractivity contribution in [1.29, 1.82) is 0 Å². The minimum atomic E-state index is 0.895. The fraction of sp³-hybridized carbons (Fsp3) is 0.429. The Hall–Kier alpha value is -2.18. The highest BCUT2D eigenvalue weighted by molar-refractivity contribution is 7.15. The lowest BCUT2D eigenvalue weighted by Gasteiger charge is -2.27. The molecule has 3 aliphatic rings. The highest BCUT2D eigenvalue weighted by atomic mass is 32.1. The third-order valence-corrected chi connectivity index (χ3v) is 6.07. The lowest BCUT2D eigenvalue weighted by molar-refractivity contribution is 0.277. The minimum absolute atomic E-state index is 0.895. The van der Waals surface area contributed by atoms with Crippen molar-refractivity contribution < 1.29 is 4.74 Å². The normalized spacial score (nSPS) is 18.9. The minimum Gasteiger partial charge on any atom is -0.388 e. The number of allylic oxidation sites excluding steroid dienone is 4. The summed E-state index contributed by atoms with van der Waals surface area (Å²) in [6.45, 7) is 8.24. The quantitative estimate of drug-likeness (QED) is 0.777. The number of aromatic nitrogens is 1. The van der Waals surface area contributed by atoms with E-state index in [-0.39, 0.29) is 0 Å². The van der Waals surface area contributed by atoms with Gasteiger partial charge < -0.3 is 14.5 Å². The van der Waals surface area contributed by atoms with E-state index in [0.29, 0.717) is 0 Å². The third kappa shape index (κ3) is 4.06. The van der Waals surface area contributed by atoms with Crippen molar-refractivity contribution in [2.45, 2.75) is 19.8 Å². The molecule has 0 saturated carbocycles. The molecular formula is C21H28N4OS. The zero-order valence-electron chi connectivity index (χ0n) is 16.9. The molecule has 0 bridgehead atoms. The number of hydrogen-bond donors (Lipinski definition) is 0. The number of nitrogens with zero attached hydrogens (tertiary/aromatic N) is 4. The molecule has 0 amide bonds. The summed E-state index contributed by atoms with van der Waals surface area (Å²) < 4.78 is 4.25. The van der Waals surface area contributed by atoms with Gasteiger partial charge in [0.2, 0.25) is 0 Å². The van der Waals surface area contributed by atoms with Crippen molar-refractivity contribution in [2.75, 3.05) is 41.4 Å². The summed E-state index contributed by atoms with van der Waals surface area (Å²) in [4.78, 5) is 15.5. The number of aryl methyl sites for hydroxylation is 1. The van der Waals surface area contributed by atoms with E-state index >= 15 is 0 Å². The fourth-order valence-corrected chi connectivity index (χ4v) is 4.46. The monoisotopic (exact) mass is 384 g/mol. The van der Waals surface area contributed by atoms with E-state index < -0.39 is 0 Å². The van der Waals surface area contributed by atoms with Gasteiger partial charge in [0.15, 0.2) is 0 Å². The van der Waals surface area contributed by atoms with Crippen LogP contribution >= 0.6 is 11.3 Å². The highest BCUT2D eigenvalue weighted by Gasteiger charge is 2.29. The predicted octanol–water partition coefficient (Wildman–Crippen LogP) is 3.85. The Morgan fingerprint density at radius 2 is 2.00 bits per heavy atom. The molecule has 0 unspecified atom stereocenters. The fourth-order valence-electron chi connectivity index (χ4n) is 3.39. The Morgan fingerprint density at radius 1 is 1.26 bits per heavy atom. The molecule has 4 rings (SSSR count). The predicted molar refractivity (Wildman–Crippen MR) is 114 cm³/mol. The molecule has 0 saturated heterocycles. The molecule has 3 aliphatic heterocycles. The Kier molecular flexibility index (Phi) is 5.97. The first-order chi connectivity index (χ1) is 12.9. The van der Waals surface area contributed by atoms with Crippen molar-refractivity contribution >= 4 is 22.6 Å². The summed E-state index contributed by atoms with van der Waals surface area (Å²) in [7, 11) is 7.49. The summed E-state index contributed by atoms with van der Waals surface area (Å²) in [6, 6.07) is 0. The molecule has 0 N–H and O–H groups in total. The highest BCUT2D eigenvalue weighted by Crippen LogP contribution is 2.37. The number of aliphatic imine (C=N–C) groups is 1. The van der Waals surface area contributed by atoms with Crippen LogP contribution in [0.1, 0.15) is 28.4 Å². The molecule has 0 radical (unpaired) electrons. The van der Waals surface area contributed by atoms with Crippen molar-refractivity contribution in [3.63, 3.8) is 0 Å². The second-order valence-corrected chi connectivity index (χ2v) is 8.10. The van der Waals surface area contributed by atoms with E-state index in [4.69, 9.17) is 9.98 Å². The number of methoxy groups -OCH3 is 1. The molecule has 1 aromatic rings. The van der Waals surface area contributed by atoms with Crippen LogP contribution in [0.15, 0.2) is 46.9 Å². The molecular weight excluding hydrogens is 356 g/mol. The molecule has 6 heteroatoms.